The van der Waals surface area contributed by atoms with Gasteiger partial charge in [-0.1, -0.05) is 24.0 Å². The van der Waals surface area contributed by atoms with Crippen LogP contribution in [0.4, 0.5) is 11.5 Å². The van der Waals surface area contributed by atoms with Gasteiger partial charge >= 0.3 is 0 Å². The molecule has 0 aliphatic heterocycles. The van der Waals surface area contributed by atoms with E-state index in [1.54, 1.807) is 30.7 Å². The first kappa shape index (κ1) is 21.5. The van der Waals surface area contributed by atoms with E-state index in [1.807, 2.05) is 54.9 Å². The summed E-state index contributed by atoms with van der Waals surface area (Å²) in [6, 6.07) is 14.7. The highest BCUT2D eigenvalue weighted by Gasteiger charge is 2.09. The molecule has 0 radical (unpaired) electrons. The number of nitrogens with one attached hydrogen (secondary N) is 2. The highest BCUT2D eigenvalue weighted by Crippen LogP contribution is 2.17. The number of hydrogen-bond donors (Lipinski definition) is 3. The van der Waals surface area contributed by atoms with Gasteiger partial charge in [0.2, 0.25) is 0 Å². The zero-order valence-corrected chi connectivity index (χ0v) is 18.3. The molecule has 162 valence electrons. The van der Waals surface area contributed by atoms with Gasteiger partial charge < -0.3 is 21.0 Å². The Morgan fingerprint density at radius 1 is 1.12 bits per heavy atom. The van der Waals surface area contributed by atoms with Crippen molar-refractivity contribution >= 4 is 23.6 Å². The second-order valence-electron chi connectivity index (χ2n) is 7.55. The summed E-state index contributed by atoms with van der Waals surface area (Å²) in [6.07, 6.45) is 6.37. The minimum Gasteiger partial charge on any atom is -0.383 e. The van der Waals surface area contributed by atoms with E-state index in [-0.39, 0.29) is 11.7 Å². The molecule has 0 unspecified atom stereocenters. The summed E-state index contributed by atoms with van der Waals surface area (Å²) >= 11 is 0. The van der Waals surface area contributed by atoms with Crippen LogP contribution in [0, 0.1) is 31.1 Å². The van der Waals surface area contributed by atoms with Crippen molar-refractivity contribution in [2.75, 3.05) is 11.1 Å². The van der Waals surface area contributed by atoms with Crippen LogP contribution >= 0.6 is 0 Å². The summed E-state index contributed by atoms with van der Waals surface area (Å²) in [7, 11) is 0. The van der Waals surface area contributed by atoms with Crippen LogP contribution in [0.3, 0.4) is 0 Å². The third-order valence-electron chi connectivity index (χ3n) is 5.06. The molecule has 2 heterocycles. The lowest BCUT2D eigenvalue weighted by Crippen LogP contribution is -2.12. The van der Waals surface area contributed by atoms with Crippen LogP contribution in [0.15, 0.2) is 67.3 Å². The molecule has 0 aliphatic carbocycles. The molecule has 0 aliphatic rings. The molecule has 0 saturated heterocycles. The first-order chi connectivity index (χ1) is 15.9. The fraction of sp³-hybridized carbons (Fsp3) is 0.0769. The number of pyridine rings is 1. The van der Waals surface area contributed by atoms with E-state index in [9.17, 15) is 4.79 Å². The van der Waals surface area contributed by atoms with Gasteiger partial charge in [0.15, 0.2) is 0 Å². The van der Waals surface area contributed by atoms with E-state index in [0.29, 0.717) is 22.4 Å². The Hall–Kier alpha value is -4.70. The van der Waals surface area contributed by atoms with Gasteiger partial charge in [0.1, 0.15) is 5.82 Å². The van der Waals surface area contributed by atoms with Gasteiger partial charge in [-0.05, 0) is 55.8 Å². The van der Waals surface area contributed by atoms with Crippen LogP contribution in [-0.4, -0.2) is 26.7 Å². The Kier molecular flexibility index (Phi) is 6.00. The molecule has 0 spiro atoms. The van der Waals surface area contributed by atoms with Gasteiger partial charge in [0.05, 0.1) is 12.0 Å². The molecule has 0 bridgehead atoms. The standard InChI is InChI=1S/C26H22N6O/c1-17-6-8-21(11-20(17)9-7-19-10-22(13-27)25(28)29-14-19)26(33)31-23-4-3-5-24(12-23)32-15-18(2)30-16-32/h3-6,8,10-16,27H,1-2H3,(H2,28,29)(H,31,33). The number of nitrogens with zero attached hydrogens (tertiary/aromatic N) is 3. The number of aromatic nitrogens is 3. The largest absolute Gasteiger partial charge is 0.383 e. The molecule has 7 nitrogen and oxygen atoms in total. The molecule has 1 amide bonds. The van der Waals surface area contributed by atoms with Gasteiger partial charge in [-0.25, -0.2) is 9.97 Å². The van der Waals surface area contributed by atoms with Crippen molar-refractivity contribution in [2.45, 2.75) is 13.8 Å². The van der Waals surface area contributed by atoms with E-state index in [2.05, 4.69) is 27.1 Å². The maximum Gasteiger partial charge on any atom is 0.255 e. The molecule has 2 aromatic heterocycles. The van der Waals surface area contributed by atoms with Crippen LogP contribution < -0.4 is 11.1 Å². The van der Waals surface area contributed by atoms with E-state index in [0.717, 1.165) is 28.7 Å². The number of hydrogen-bond acceptors (Lipinski definition) is 5. The second kappa shape index (κ2) is 9.20. The Labute approximate surface area is 191 Å². The third kappa shape index (κ3) is 4.97. The van der Waals surface area contributed by atoms with Crippen molar-refractivity contribution < 1.29 is 4.79 Å². The van der Waals surface area contributed by atoms with E-state index >= 15 is 0 Å². The zero-order chi connectivity index (χ0) is 23.4. The fourth-order valence-electron chi connectivity index (χ4n) is 3.22. The molecule has 0 atom stereocenters. The van der Waals surface area contributed by atoms with E-state index < -0.39 is 0 Å². The van der Waals surface area contributed by atoms with E-state index in [1.165, 1.54) is 0 Å². The number of nitrogen functional groups attached to an aromatic ring is 1. The SMILES string of the molecule is Cc1cn(-c2cccc(NC(=O)c3ccc(C)c(C#Cc4cnc(N)c(C=N)c4)c3)c2)cn1. The number of carbonyl (C=O) groups excluding carboxylic acids is 1. The predicted octanol–water partition coefficient (Wildman–Crippen LogP) is 4.12. The summed E-state index contributed by atoms with van der Waals surface area (Å²) in [5.74, 6) is 6.20. The second-order valence-corrected chi connectivity index (χ2v) is 7.55. The highest BCUT2D eigenvalue weighted by molar-refractivity contribution is 6.04. The zero-order valence-electron chi connectivity index (χ0n) is 18.3. The van der Waals surface area contributed by atoms with Crippen LogP contribution in [-0.2, 0) is 0 Å². The number of aryl methyl sites for hydroxylation is 2. The van der Waals surface area contributed by atoms with Crippen molar-refractivity contribution in [2.24, 2.45) is 0 Å². The number of benzene rings is 2. The van der Waals surface area contributed by atoms with Gasteiger partial charge in [-0.15, -0.1) is 0 Å². The molecule has 7 heteroatoms. The first-order valence-electron chi connectivity index (χ1n) is 10.2. The predicted molar refractivity (Wildman–Crippen MR) is 130 cm³/mol. The lowest BCUT2D eigenvalue weighted by atomic mass is 10.0. The molecule has 4 N–H and O–H groups in total. The van der Waals surface area contributed by atoms with Crippen LogP contribution in [0.5, 0.6) is 0 Å². The number of imidazole rings is 1. The Morgan fingerprint density at radius 2 is 1.97 bits per heavy atom. The van der Waals surface area contributed by atoms with Crippen molar-refractivity contribution in [3.05, 3.63) is 101 Å². The minimum absolute atomic E-state index is 0.225. The van der Waals surface area contributed by atoms with Crippen molar-refractivity contribution in [3.8, 4) is 17.5 Å². The van der Waals surface area contributed by atoms with Gasteiger partial charge in [-0.2, -0.15) is 0 Å². The van der Waals surface area contributed by atoms with Crippen LogP contribution in [0.2, 0.25) is 0 Å². The number of carbonyl (C=O) groups is 1. The quantitative estimate of drug-likeness (QED) is 0.332. The molecule has 2 aromatic carbocycles. The molecule has 4 aromatic rings. The van der Waals surface area contributed by atoms with Crippen molar-refractivity contribution in [3.63, 3.8) is 0 Å². The van der Waals surface area contributed by atoms with Gasteiger partial charge in [0, 0.05) is 52.2 Å². The number of nitrogens with two attached hydrogens (primary N) is 1. The topological polar surface area (TPSA) is 110 Å². The highest BCUT2D eigenvalue weighted by atomic mass is 16.1. The first-order valence-corrected chi connectivity index (χ1v) is 10.2. The third-order valence-corrected chi connectivity index (χ3v) is 5.06. The molecular weight excluding hydrogens is 412 g/mol. The monoisotopic (exact) mass is 434 g/mol. The summed E-state index contributed by atoms with van der Waals surface area (Å²) < 4.78 is 1.90. The average Bonchev–Trinajstić information content (AvgIpc) is 3.26. The van der Waals surface area contributed by atoms with Crippen molar-refractivity contribution in [1.82, 2.24) is 14.5 Å². The smallest absolute Gasteiger partial charge is 0.255 e. The summed E-state index contributed by atoms with van der Waals surface area (Å²) in [6.45, 7) is 3.86. The van der Waals surface area contributed by atoms with E-state index in [4.69, 9.17) is 11.1 Å². The molecule has 4 rings (SSSR count). The van der Waals surface area contributed by atoms with Gasteiger partial charge in [-0.3, -0.25) is 4.79 Å². The Bertz CT molecular complexity index is 1420. The Balaban J connectivity index is 1.56. The summed E-state index contributed by atoms with van der Waals surface area (Å²) in [5, 5.41) is 10.3. The lowest BCUT2D eigenvalue weighted by molar-refractivity contribution is 0.102. The van der Waals surface area contributed by atoms with Crippen LogP contribution in [0.1, 0.15) is 38.3 Å². The summed E-state index contributed by atoms with van der Waals surface area (Å²) in [4.78, 5) is 21.2. The normalized spacial score (nSPS) is 10.2. The number of anilines is 2. The molecule has 33 heavy (non-hydrogen) atoms. The Morgan fingerprint density at radius 3 is 2.73 bits per heavy atom. The average molecular weight is 435 g/mol. The number of rotatable bonds is 4. The molecule has 0 fully saturated rings. The summed E-state index contributed by atoms with van der Waals surface area (Å²) in [5.41, 5.74) is 11.6. The van der Waals surface area contributed by atoms with Gasteiger partial charge in [0.25, 0.3) is 5.91 Å². The maximum absolute atomic E-state index is 12.9. The number of amides is 1. The van der Waals surface area contributed by atoms with Crippen molar-refractivity contribution in [1.29, 1.82) is 5.41 Å². The minimum atomic E-state index is -0.225. The maximum atomic E-state index is 12.9. The van der Waals surface area contributed by atoms with Crippen LogP contribution in [0.25, 0.3) is 5.69 Å². The molecule has 0 saturated carbocycles. The fourth-order valence-corrected chi connectivity index (χ4v) is 3.22. The lowest BCUT2D eigenvalue weighted by Gasteiger charge is -2.09. The molecular formula is C26H22N6O.